The third-order valence-corrected chi connectivity index (χ3v) is 4.22. The summed E-state index contributed by atoms with van der Waals surface area (Å²) in [7, 11) is 0. The second-order valence-electron chi connectivity index (χ2n) is 4.51. The summed E-state index contributed by atoms with van der Waals surface area (Å²) in [6.45, 7) is 2.68. The number of aliphatic imine (C=N–C) groups is 1. The zero-order valence-electron chi connectivity index (χ0n) is 11.6. The van der Waals surface area contributed by atoms with Gasteiger partial charge >= 0.3 is 0 Å². The van der Waals surface area contributed by atoms with Crippen molar-refractivity contribution in [3.05, 3.63) is 29.3 Å². The van der Waals surface area contributed by atoms with Crippen LogP contribution in [0.3, 0.4) is 0 Å². The monoisotopic (exact) mass is 325 g/mol. The summed E-state index contributed by atoms with van der Waals surface area (Å²) in [6.07, 6.45) is 1.00. The Morgan fingerprint density at radius 3 is 2.95 bits per heavy atom. The summed E-state index contributed by atoms with van der Waals surface area (Å²) in [6, 6.07) is 6.99. The summed E-state index contributed by atoms with van der Waals surface area (Å²) >= 11 is 7.27. The molecular formula is C14H16ClN3O2S. The predicted octanol–water partition coefficient (Wildman–Crippen LogP) is 2.67. The van der Waals surface area contributed by atoms with Crippen LogP contribution in [0.4, 0.5) is 5.69 Å². The first-order valence-electron chi connectivity index (χ1n) is 6.66. The van der Waals surface area contributed by atoms with Gasteiger partial charge in [-0.25, -0.2) is 0 Å². The van der Waals surface area contributed by atoms with E-state index < -0.39 is 5.25 Å². The lowest BCUT2D eigenvalue weighted by atomic mass is 10.2. The first-order chi connectivity index (χ1) is 10.1. The molecule has 21 heavy (non-hydrogen) atoms. The van der Waals surface area contributed by atoms with Crippen LogP contribution in [0.1, 0.15) is 19.8 Å². The van der Waals surface area contributed by atoms with Crippen molar-refractivity contribution in [3.63, 3.8) is 0 Å². The minimum absolute atomic E-state index is 0.0901. The Hall–Kier alpha value is -1.53. The highest BCUT2D eigenvalue weighted by molar-refractivity contribution is 8.15. The van der Waals surface area contributed by atoms with E-state index in [0.29, 0.717) is 22.4 Å². The van der Waals surface area contributed by atoms with Crippen LogP contribution in [-0.2, 0) is 9.59 Å². The number of amidine groups is 1. The van der Waals surface area contributed by atoms with Crippen molar-refractivity contribution in [1.29, 1.82) is 0 Å². The quantitative estimate of drug-likeness (QED) is 0.874. The number of amides is 2. The summed E-state index contributed by atoms with van der Waals surface area (Å²) in [5, 5.41) is 6.02. The zero-order chi connectivity index (χ0) is 15.2. The van der Waals surface area contributed by atoms with Crippen LogP contribution < -0.4 is 10.6 Å². The lowest BCUT2D eigenvalue weighted by Gasteiger charge is -2.08. The van der Waals surface area contributed by atoms with E-state index in [1.165, 1.54) is 11.8 Å². The van der Waals surface area contributed by atoms with Crippen LogP contribution >= 0.6 is 23.4 Å². The molecule has 1 fully saturated rings. The molecule has 1 aliphatic rings. The van der Waals surface area contributed by atoms with Gasteiger partial charge in [-0.05, 0) is 18.6 Å². The molecular weight excluding hydrogens is 310 g/mol. The van der Waals surface area contributed by atoms with Gasteiger partial charge in [0.05, 0.1) is 10.7 Å². The second-order valence-corrected chi connectivity index (χ2v) is 6.11. The number of anilines is 1. The lowest BCUT2D eigenvalue weighted by Crippen LogP contribution is -2.28. The molecule has 7 heteroatoms. The molecule has 0 saturated carbocycles. The number of benzene rings is 1. The Morgan fingerprint density at radius 2 is 2.24 bits per heavy atom. The molecule has 0 radical (unpaired) electrons. The molecule has 1 saturated heterocycles. The lowest BCUT2D eigenvalue weighted by molar-refractivity contribution is -0.122. The van der Waals surface area contributed by atoms with E-state index in [2.05, 4.69) is 15.6 Å². The van der Waals surface area contributed by atoms with Gasteiger partial charge in [0.15, 0.2) is 5.17 Å². The van der Waals surface area contributed by atoms with Gasteiger partial charge in [0.25, 0.3) is 0 Å². The zero-order valence-corrected chi connectivity index (χ0v) is 13.1. The predicted molar refractivity (Wildman–Crippen MR) is 86.8 cm³/mol. The molecule has 0 aromatic heterocycles. The third kappa shape index (κ3) is 4.47. The SMILES string of the molecule is CCCN=C1NC(=O)[C@H](CC(=O)Nc2ccccc2Cl)S1. The highest BCUT2D eigenvalue weighted by Crippen LogP contribution is 2.24. The van der Waals surface area contributed by atoms with Crippen LogP contribution in [0.15, 0.2) is 29.3 Å². The minimum atomic E-state index is -0.442. The fourth-order valence-electron chi connectivity index (χ4n) is 1.76. The van der Waals surface area contributed by atoms with Gasteiger partial charge in [-0.15, -0.1) is 0 Å². The first kappa shape index (κ1) is 15.9. The van der Waals surface area contributed by atoms with E-state index in [9.17, 15) is 9.59 Å². The van der Waals surface area contributed by atoms with Crippen molar-refractivity contribution >= 4 is 46.0 Å². The fourth-order valence-corrected chi connectivity index (χ4v) is 2.94. The highest BCUT2D eigenvalue weighted by Gasteiger charge is 2.31. The van der Waals surface area contributed by atoms with Crippen molar-refractivity contribution in [2.45, 2.75) is 25.0 Å². The van der Waals surface area contributed by atoms with Crippen molar-refractivity contribution < 1.29 is 9.59 Å². The fraction of sp³-hybridized carbons (Fsp3) is 0.357. The van der Waals surface area contributed by atoms with Gasteiger partial charge in [0, 0.05) is 13.0 Å². The number of carbonyl (C=O) groups excluding carboxylic acids is 2. The Balaban J connectivity index is 1.91. The van der Waals surface area contributed by atoms with Crippen LogP contribution in [0.25, 0.3) is 0 Å². The molecule has 1 atom stereocenters. The molecule has 112 valence electrons. The summed E-state index contributed by atoms with van der Waals surface area (Å²) in [5.41, 5.74) is 0.549. The minimum Gasteiger partial charge on any atom is -0.325 e. The van der Waals surface area contributed by atoms with E-state index in [1.807, 2.05) is 6.92 Å². The van der Waals surface area contributed by atoms with Crippen LogP contribution in [0, 0.1) is 0 Å². The Morgan fingerprint density at radius 1 is 1.48 bits per heavy atom. The van der Waals surface area contributed by atoms with Crippen molar-refractivity contribution in [2.24, 2.45) is 4.99 Å². The average molecular weight is 326 g/mol. The van der Waals surface area contributed by atoms with Crippen molar-refractivity contribution in [2.75, 3.05) is 11.9 Å². The first-order valence-corrected chi connectivity index (χ1v) is 7.92. The van der Waals surface area contributed by atoms with Crippen LogP contribution in [0.5, 0.6) is 0 Å². The number of carbonyl (C=O) groups is 2. The number of nitrogens with one attached hydrogen (secondary N) is 2. The van der Waals surface area contributed by atoms with Gasteiger partial charge in [0.2, 0.25) is 11.8 Å². The number of halogens is 1. The molecule has 1 heterocycles. The Bertz CT molecular complexity index is 577. The van der Waals surface area contributed by atoms with E-state index in [0.717, 1.165) is 6.42 Å². The standard InChI is InChI=1S/C14H16ClN3O2S/c1-2-7-16-14-18-13(20)11(21-14)8-12(19)17-10-6-4-3-5-9(10)15/h3-6,11H,2,7-8H2,1H3,(H,17,19)(H,16,18,20)/t11-/m0/s1. The van der Waals surface area contributed by atoms with Gasteiger partial charge in [-0.3, -0.25) is 14.6 Å². The van der Waals surface area contributed by atoms with Crippen LogP contribution in [-0.4, -0.2) is 28.8 Å². The van der Waals surface area contributed by atoms with Crippen molar-refractivity contribution in [3.8, 4) is 0 Å². The Kier molecular flexibility index (Phi) is 5.64. The molecule has 2 N–H and O–H groups in total. The Labute approximate surface area is 132 Å². The molecule has 0 unspecified atom stereocenters. The largest absolute Gasteiger partial charge is 0.325 e. The van der Waals surface area contributed by atoms with Crippen LogP contribution in [0.2, 0.25) is 5.02 Å². The molecule has 0 bridgehead atoms. The number of hydrogen-bond donors (Lipinski definition) is 2. The van der Waals surface area contributed by atoms with Gasteiger partial charge in [0.1, 0.15) is 5.25 Å². The number of thioether (sulfide) groups is 1. The molecule has 0 aliphatic carbocycles. The van der Waals surface area contributed by atoms with Gasteiger partial charge < -0.3 is 10.6 Å². The number of rotatable bonds is 5. The normalized spacial score (nSPS) is 19.6. The second kappa shape index (κ2) is 7.47. The van der Waals surface area contributed by atoms with Gasteiger partial charge in [-0.1, -0.05) is 42.4 Å². The molecule has 2 rings (SSSR count). The number of hydrogen-bond acceptors (Lipinski definition) is 4. The van der Waals surface area contributed by atoms with E-state index in [1.54, 1.807) is 24.3 Å². The maximum Gasteiger partial charge on any atom is 0.240 e. The van der Waals surface area contributed by atoms with Crippen molar-refractivity contribution in [1.82, 2.24) is 5.32 Å². The smallest absolute Gasteiger partial charge is 0.240 e. The molecule has 2 amide bonds. The summed E-state index contributed by atoms with van der Waals surface area (Å²) in [4.78, 5) is 28.0. The molecule has 5 nitrogen and oxygen atoms in total. The van der Waals surface area contributed by atoms with E-state index in [4.69, 9.17) is 11.6 Å². The molecule has 0 spiro atoms. The highest BCUT2D eigenvalue weighted by atomic mass is 35.5. The molecule has 1 aliphatic heterocycles. The molecule has 1 aromatic rings. The maximum atomic E-state index is 12.0. The van der Waals surface area contributed by atoms with Gasteiger partial charge in [-0.2, -0.15) is 0 Å². The summed E-state index contributed by atoms with van der Waals surface area (Å²) in [5.74, 6) is -0.420. The van der Waals surface area contributed by atoms with E-state index >= 15 is 0 Å². The molecule has 1 aromatic carbocycles. The average Bonchev–Trinajstić information content (AvgIpc) is 2.79. The third-order valence-electron chi connectivity index (χ3n) is 2.77. The van der Waals surface area contributed by atoms with E-state index in [-0.39, 0.29) is 18.2 Å². The topological polar surface area (TPSA) is 70.6 Å². The number of nitrogens with zero attached hydrogens (tertiary/aromatic N) is 1. The maximum absolute atomic E-state index is 12.0. The summed E-state index contributed by atoms with van der Waals surface area (Å²) < 4.78 is 0. The number of para-hydroxylation sites is 1.